The van der Waals surface area contributed by atoms with E-state index in [4.69, 9.17) is 51.5 Å². The molecule has 0 aliphatic heterocycles. The minimum atomic E-state index is 0.000000000000000444. The molecule has 0 aromatic carbocycles. The molecular formula is C23H39Cl4N3O. The summed E-state index contributed by atoms with van der Waals surface area (Å²) in [6.07, 6.45) is 21.5. The van der Waals surface area contributed by atoms with E-state index in [0.29, 0.717) is 6.61 Å². The lowest BCUT2D eigenvalue weighted by Crippen LogP contribution is -1.87. The van der Waals surface area contributed by atoms with Gasteiger partial charge in [0, 0.05) is 12.5 Å². The van der Waals surface area contributed by atoms with Gasteiger partial charge < -0.3 is 5.11 Å². The van der Waals surface area contributed by atoms with E-state index in [0.717, 1.165) is 18.7 Å². The van der Waals surface area contributed by atoms with Crippen molar-refractivity contribution in [2.45, 2.75) is 89.9 Å². The third-order valence-corrected chi connectivity index (χ3v) is 4.94. The molecule has 0 aliphatic carbocycles. The van der Waals surface area contributed by atoms with Crippen molar-refractivity contribution in [3.05, 3.63) is 41.2 Å². The molecule has 4 nitrogen and oxygen atoms in total. The molecule has 0 fully saturated rings. The SMILES string of the molecule is C=CCCCCCCCCCl.C=CCCCCCCCCO.Clc1nc(Cl)nc(Cl)n1. The van der Waals surface area contributed by atoms with Crippen molar-refractivity contribution in [3.8, 4) is 0 Å². The number of nitrogens with zero attached hydrogens (tertiary/aromatic N) is 3. The van der Waals surface area contributed by atoms with E-state index >= 15 is 0 Å². The summed E-state index contributed by atoms with van der Waals surface area (Å²) in [4.78, 5) is 10.4. The van der Waals surface area contributed by atoms with E-state index in [9.17, 15) is 0 Å². The van der Waals surface area contributed by atoms with E-state index in [1.54, 1.807) is 0 Å². The van der Waals surface area contributed by atoms with Crippen molar-refractivity contribution in [2.75, 3.05) is 12.5 Å². The molecule has 0 spiro atoms. The molecule has 1 rings (SSSR count). The number of hydrogen-bond donors (Lipinski definition) is 1. The van der Waals surface area contributed by atoms with Gasteiger partial charge in [-0.25, -0.2) is 0 Å². The summed E-state index contributed by atoms with van der Waals surface area (Å²) in [5.74, 6) is 0.826. The summed E-state index contributed by atoms with van der Waals surface area (Å²) in [5, 5.41) is 8.49. The highest BCUT2D eigenvalue weighted by molar-refractivity contribution is 6.33. The minimum absolute atomic E-state index is 0.000000000000000444. The summed E-state index contributed by atoms with van der Waals surface area (Å²) in [6, 6.07) is 0. The smallest absolute Gasteiger partial charge is 0.227 e. The quantitative estimate of drug-likeness (QED) is 0.136. The number of unbranched alkanes of at least 4 members (excludes halogenated alkanes) is 12. The highest BCUT2D eigenvalue weighted by Crippen LogP contribution is 2.09. The Morgan fingerprint density at radius 2 is 0.903 bits per heavy atom. The highest BCUT2D eigenvalue weighted by Gasteiger charge is 1.97. The molecule has 1 aromatic heterocycles. The van der Waals surface area contributed by atoms with Gasteiger partial charge in [0.05, 0.1) is 0 Å². The van der Waals surface area contributed by atoms with Crippen LogP contribution in [0.25, 0.3) is 0 Å². The van der Waals surface area contributed by atoms with E-state index in [2.05, 4.69) is 28.1 Å². The van der Waals surface area contributed by atoms with Crippen LogP contribution in [-0.4, -0.2) is 32.5 Å². The second-order valence-corrected chi connectivity index (χ2v) is 8.34. The van der Waals surface area contributed by atoms with Crippen molar-refractivity contribution < 1.29 is 5.11 Å². The first-order valence-electron chi connectivity index (χ1n) is 11.1. The minimum Gasteiger partial charge on any atom is -0.396 e. The second-order valence-electron chi connectivity index (χ2n) is 6.95. The fourth-order valence-electron chi connectivity index (χ4n) is 2.50. The normalized spacial score (nSPS) is 9.84. The standard InChI is InChI=1S/C10H19Cl.C10H20O.C3Cl3N3/c2*1-2-3-4-5-6-7-8-9-10-11;4-1-7-2(5)9-3(6)8-1/h2H,1,3-10H2;2,11H,1,3-10H2;. The topological polar surface area (TPSA) is 58.9 Å². The first-order chi connectivity index (χ1) is 15.0. The van der Waals surface area contributed by atoms with Gasteiger partial charge in [-0.15, -0.1) is 24.8 Å². The molecule has 1 aromatic rings. The predicted octanol–water partition coefficient (Wildman–Crippen LogP) is 8.87. The van der Waals surface area contributed by atoms with Crippen molar-refractivity contribution in [1.29, 1.82) is 0 Å². The van der Waals surface area contributed by atoms with E-state index in [1.165, 1.54) is 77.0 Å². The van der Waals surface area contributed by atoms with Gasteiger partial charge in [0.15, 0.2) is 0 Å². The van der Waals surface area contributed by atoms with Gasteiger partial charge in [-0.2, -0.15) is 15.0 Å². The molecule has 0 unspecified atom stereocenters. The van der Waals surface area contributed by atoms with Crippen LogP contribution in [0.1, 0.15) is 89.9 Å². The third kappa shape index (κ3) is 29.6. The van der Waals surface area contributed by atoms with E-state index < -0.39 is 0 Å². The van der Waals surface area contributed by atoms with Crippen LogP contribution in [0.4, 0.5) is 0 Å². The van der Waals surface area contributed by atoms with Crippen molar-refractivity contribution in [3.63, 3.8) is 0 Å². The largest absolute Gasteiger partial charge is 0.396 e. The maximum absolute atomic E-state index is 8.49. The van der Waals surface area contributed by atoms with Crippen LogP contribution in [0.2, 0.25) is 15.9 Å². The average Bonchev–Trinajstić information content (AvgIpc) is 2.72. The number of aliphatic hydroxyl groups is 1. The Morgan fingerprint density at radius 3 is 1.23 bits per heavy atom. The number of allylic oxidation sites excluding steroid dienone is 2. The first-order valence-corrected chi connectivity index (χ1v) is 12.8. The van der Waals surface area contributed by atoms with Gasteiger partial charge >= 0.3 is 0 Å². The van der Waals surface area contributed by atoms with Crippen molar-refractivity contribution >= 4 is 46.4 Å². The van der Waals surface area contributed by atoms with Crippen LogP contribution in [0.3, 0.4) is 0 Å². The van der Waals surface area contributed by atoms with Gasteiger partial charge in [-0.3, -0.25) is 0 Å². The molecule has 0 atom stereocenters. The summed E-state index contributed by atoms with van der Waals surface area (Å²) in [6.45, 7) is 7.72. The summed E-state index contributed by atoms with van der Waals surface area (Å²) in [5.41, 5.74) is 0. The molecule has 0 radical (unpaired) electrons. The number of hydrogen-bond acceptors (Lipinski definition) is 4. The van der Waals surface area contributed by atoms with Crippen LogP contribution < -0.4 is 0 Å². The fourth-order valence-corrected chi connectivity index (χ4v) is 3.30. The lowest BCUT2D eigenvalue weighted by molar-refractivity contribution is 0.282. The van der Waals surface area contributed by atoms with Crippen molar-refractivity contribution in [1.82, 2.24) is 15.0 Å². The number of halogens is 4. The number of alkyl halides is 1. The zero-order valence-electron chi connectivity index (χ0n) is 18.7. The van der Waals surface area contributed by atoms with Gasteiger partial charge in [0.25, 0.3) is 0 Å². The molecule has 0 saturated carbocycles. The van der Waals surface area contributed by atoms with Crippen LogP contribution in [-0.2, 0) is 0 Å². The Kier molecular flexibility index (Phi) is 29.2. The molecule has 1 heterocycles. The molecule has 180 valence electrons. The van der Waals surface area contributed by atoms with Crippen LogP contribution >= 0.6 is 46.4 Å². The number of rotatable bonds is 16. The monoisotopic (exact) mass is 513 g/mol. The van der Waals surface area contributed by atoms with Crippen LogP contribution in [0.15, 0.2) is 25.3 Å². The number of aliphatic hydroxyl groups excluding tert-OH is 1. The Labute approximate surface area is 209 Å². The Balaban J connectivity index is 0. The fraction of sp³-hybridized carbons (Fsp3) is 0.696. The molecule has 0 bridgehead atoms. The van der Waals surface area contributed by atoms with Gasteiger partial charge in [-0.05, 0) is 73.3 Å². The first kappa shape index (κ1) is 32.8. The predicted molar refractivity (Wildman–Crippen MR) is 138 cm³/mol. The van der Waals surface area contributed by atoms with Crippen molar-refractivity contribution in [2.24, 2.45) is 0 Å². The highest BCUT2D eigenvalue weighted by atomic mass is 35.5. The number of aromatic nitrogens is 3. The molecular weight excluding hydrogens is 476 g/mol. The average molecular weight is 515 g/mol. The van der Waals surface area contributed by atoms with Gasteiger partial charge in [0.1, 0.15) is 0 Å². The Hall–Kier alpha value is -0.390. The van der Waals surface area contributed by atoms with Gasteiger partial charge in [-0.1, -0.05) is 63.5 Å². The molecule has 1 N–H and O–H groups in total. The van der Waals surface area contributed by atoms with E-state index in [1.807, 2.05) is 12.2 Å². The zero-order chi connectivity index (χ0) is 23.6. The lowest BCUT2D eigenvalue weighted by Gasteiger charge is -1.97. The molecule has 8 heteroatoms. The summed E-state index contributed by atoms with van der Waals surface area (Å²) >= 11 is 21.5. The van der Waals surface area contributed by atoms with E-state index in [-0.39, 0.29) is 15.9 Å². The zero-order valence-corrected chi connectivity index (χ0v) is 21.7. The van der Waals surface area contributed by atoms with Gasteiger partial charge in [0.2, 0.25) is 15.9 Å². The molecule has 0 amide bonds. The Morgan fingerprint density at radius 1 is 0.581 bits per heavy atom. The van der Waals surface area contributed by atoms with Crippen LogP contribution in [0, 0.1) is 0 Å². The second kappa shape index (κ2) is 27.6. The molecule has 31 heavy (non-hydrogen) atoms. The third-order valence-electron chi connectivity index (χ3n) is 4.16. The lowest BCUT2D eigenvalue weighted by atomic mass is 10.1. The maximum Gasteiger partial charge on any atom is 0.227 e. The van der Waals surface area contributed by atoms with Crippen LogP contribution in [0.5, 0.6) is 0 Å². The Bertz CT molecular complexity index is 461. The molecule has 0 saturated heterocycles. The summed E-state index contributed by atoms with van der Waals surface area (Å²) in [7, 11) is 0. The maximum atomic E-state index is 8.49. The summed E-state index contributed by atoms with van der Waals surface area (Å²) < 4.78 is 0. The molecule has 0 aliphatic rings.